The van der Waals surface area contributed by atoms with Gasteiger partial charge in [-0.25, -0.2) is 0 Å². The van der Waals surface area contributed by atoms with Crippen molar-refractivity contribution in [3.63, 3.8) is 0 Å². The summed E-state index contributed by atoms with van der Waals surface area (Å²) in [5.41, 5.74) is -0.170. The zero-order chi connectivity index (χ0) is 8.16. The molecule has 0 aliphatic carbocycles. The average molecular weight is 154 g/mol. The van der Waals surface area contributed by atoms with Gasteiger partial charge in [0.05, 0.1) is 0 Å². The summed E-state index contributed by atoms with van der Waals surface area (Å²) in [6.45, 7) is 1.56. The zero-order valence-corrected chi connectivity index (χ0v) is 6.84. The number of carbonyl (C=O) groups excluding carboxylic acids is 1. The molecule has 0 aromatic carbocycles. The van der Waals surface area contributed by atoms with Crippen LogP contribution in [0.25, 0.3) is 0 Å². The van der Waals surface area contributed by atoms with E-state index in [-0.39, 0.29) is 5.41 Å². The van der Waals surface area contributed by atoms with Crippen LogP contribution in [-0.2, 0) is 4.79 Å². The summed E-state index contributed by atoms with van der Waals surface area (Å²) in [7, 11) is 1.87. The molecule has 1 aliphatic rings. The summed E-state index contributed by atoms with van der Waals surface area (Å²) in [6.07, 6.45) is 4.59. The Morgan fingerprint density at radius 2 is 2.64 bits per heavy atom. The summed E-state index contributed by atoms with van der Waals surface area (Å²) in [5, 5.41) is 3.04. The molecule has 0 fully saturated rings. The number of carbonyl (C=O) groups is 1. The molecule has 0 radical (unpaired) electrons. The Morgan fingerprint density at radius 1 is 1.82 bits per heavy atom. The third-order valence-electron chi connectivity index (χ3n) is 2.14. The van der Waals surface area contributed by atoms with Gasteiger partial charge in [-0.05, 0) is 26.1 Å². The number of aldehydes is 1. The fourth-order valence-electron chi connectivity index (χ4n) is 1.39. The second-order valence-electron chi connectivity index (χ2n) is 3.05. The Morgan fingerprint density at radius 3 is 3.09 bits per heavy atom. The summed E-state index contributed by atoms with van der Waals surface area (Å²) < 4.78 is 0. The van der Waals surface area contributed by atoms with E-state index in [9.17, 15) is 4.79 Å². The molecule has 0 amide bonds. The van der Waals surface area contributed by atoms with Crippen molar-refractivity contribution in [2.24, 2.45) is 10.4 Å². The second-order valence-corrected chi connectivity index (χ2v) is 3.05. The third kappa shape index (κ3) is 1.87. The molecule has 3 nitrogen and oxygen atoms in total. The van der Waals surface area contributed by atoms with Crippen molar-refractivity contribution in [3.8, 4) is 0 Å². The molecule has 1 unspecified atom stereocenters. The quantitative estimate of drug-likeness (QED) is 0.592. The Kier molecular flexibility index (Phi) is 2.76. The number of nitrogens with zero attached hydrogens (tertiary/aromatic N) is 1. The Hall–Kier alpha value is -0.700. The first kappa shape index (κ1) is 8.40. The minimum atomic E-state index is -0.170. The number of hydrogen-bond acceptors (Lipinski definition) is 3. The lowest BCUT2D eigenvalue weighted by atomic mass is 9.81. The van der Waals surface area contributed by atoms with Gasteiger partial charge in [-0.1, -0.05) is 0 Å². The van der Waals surface area contributed by atoms with E-state index < -0.39 is 0 Å². The van der Waals surface area contributed by atoms with Gasteiger partial charge in [0.1, 0.15) is 6.29 Å². The first-order valence-electron chi connectivity index (χ1n) is 3.92. The van der Waals surface area contributed by atoms with Crippen LogP contribution >= 0.6 is 0 Å². The van der Waals surface area contributed by atoms with Crippen LogP contribution in [0.3, 0.4) is 0 Å². The highest BCUT2D eigenvalue weighted by Gasteiger charge is 2.29. The van der Waals surface area contributed by atoms with Crippen molar-refractivity contribution in [3.05, 3.63) is 0 Å². The number of rotatable bonds is 3. The smallest absolute Gasteiger partial charge is 0.127 e. The van der Waals surface area contributed by atoms with Gasteiger partial charge in [-0.2, -0.15) is 0 Å². The Balaban J connectivity index is 2.59. The second kappa shape index (κ2) is 3.62. The topological polar surface area (TPSA) is 41.5 Å². The van der Waals surface area contributed by atoms with Gasteiger partial charge >= 0.3 is 0 Å². The summed E-state index contributed by atoms with van der Waals surface area (Å²) >= 11 is 0. The van der Waals surface area contributed by atoms with Crippen LogP contribution in [0.4, 0.5) is 0 Å². The molecule has 1 atom stereocenters. The summed E-state index contributed by atoms with van der Waals surface area (Å²) in [6, 6.07) is 0. The molecular formula is C8H14N2O. The van der Waals surface area contributed by atoms with E-state index in [0.717, 1.165) is 32.2 Å². The van der Waals surface area contributed by atoms with Gasteiger partial charge in [0, 0.05) is 18.5 Å². The van der Waals surface area contributed by atoms with Crippen molar-refractivity contribution >= 4 is 12.5 Å². The summed E-state index contributed by atoms with van der Waals surface area (Å²) in [5.74, 6) is 0. The van der Waals surface area contributed by atoms with Gasteiger partial charge < -0.3 is 10.1 Å². The lowest BCUT2D eigenvalue weighted by molar-refractivity contribution is -0.116. The van der Waals surface area contributed by atoms with Crippen LogP contribution in [0.15, 0.2) is 4.99 Å². The molecule has 3 heteroatoms. The van der Waals surface area contributed by atoms with Gasteiger partial charge in [-0.3, -0.25) is 4.99 Å². The maximum absolute atomic E-state index is 10.8. The predicted octanol–water partition coefficient (Wildman–Crippen LogP) is 0.256. The molecule has 0 aromatic rings. The van der Waals surface area contributed by atoms with E-state index in [1.54, 1.807) is 0 Å². The van der Waals surface area contributed by atoms with Crippen LogP contribution in [0.1, 0.15) is 12.8 Å². The normalized spacial score (nSPS) is 30.3. The third-order valence-corrected chi connectivity index (χ3v) is 2.14. The first-order chi connectivity index (χ1) is 5.33. The van der Waals surface area contributed by atoms with Gasteiger partial charge in [-0.15, -0.1) is 0 Å². The maximum Gasteiger partial charge on any atom is 0.127 e. The standard InChI is InChI=1S/C8H14N2O/c1-9-6-8(7-11)2-4-10-5-3-8/h4,7,9H,2-3,5-6H2,1H3. The van der Waals surface area contributed by atoms with E-state index in [2.05, 4.69) is 10.3 Å². The van der Waals surface area contributed by atoms with Gasteiger partial charge in [0.25, 0.3) is 0 Å². The fourth-order valence-corrected chi connectivity index (χ4v) is 1.39. The average Bonchev–Trinajstić information content (AvgIpc) is 2.07. The fraction of sp³-hybridized carbons (Fsp3) is 0.750. The molecule has 0 saturated carbocycles. The van der Waals surface area contributed by atoms with Gasteiger partial charge in [0.15, 0.2) is 0 Å². The van der Waals surface area contributed by atoms with E-state index in [0.29, 0.717) is 0 Å². The predicted molar refractivity (Wildman–Crippen MR) is 45.0 cm³/mol. The molecule has 1 aliphatic heterocycles. The number of nitrogens with one attached hydrogen (secondary N) is 1. The van der Waals surface area contributed by atoms with Crippen molar-refractivity contribution in [1.82, 2.24) is 5.32 Å². The molecule has 0 aromatic heterocycles. The van der Waals surface area contributed by atoms with Crippen molar-refractivity contribution in [2.45, 2.75) is 12.8 Å². The number of hydrogen-bond donors (Lipinski definition) is 1. The maximum atomic E-state index is 10.8. The molecule has 1 N–H and O–H groups in total. The molecule has 1 heterocycles. The molecular weight excluding hydrogens is 140 g/mol. The highest BCUT2D eigenvalue weighted by Crippen LogP contribution is 2.24. The Bertz CT molecular complexity index is 167. The highest BCUT2D eigenvalue weighted by molar-refractivity contribution is 5.70. The minimum Gasteiger partial charge on any atom is -0.319 e. The van der Waals surface area contributed by atoms with Crippen LogP contribution in [0, 0.1) is 5.41 Å². The van der Waals surface area contributed by atoms with Crippen molar-refractivity contribution < 1.29 is 4.79 Å². The highest BCUT2D eigenvalue weighted by atomic mass is 16.1. The lowest BCUT2D eigenvalue weighted by Crippen LogP contribution is -2.36. The molecule has 11 heavy (non-hydrogen) atoms. The van der Waals surface area contributed by atoms with Crippen LogP contribution < -0.4 is 5.32 Å². The van der Waals surface area contributed by atoms with E-state index in [4.69, 9.17) is 0 Å². The summed E-state index contributed by atoms with van der Waals surface area (Å²) in [4.78, 5) is 14.9. The first-order valence-corrected chi connectivity index (χ1v) is 3.92. The van der Waals surface area contributed by atoms with Crippen molar-refractivity contribution in [2.75, 3.05) is 20.1 Å². The van der Waals surface area contributed by atoms with Crippen LogP contribution in [-0.4, -0.2) is 32.6 Å². The molecule has 0 spiro atoms. The van der Waals surface area contributed by atoms with E-state index >= 15 is 0 Å². The van der Waals surface area contributed by atoms with E-state index in [1.807, 2.05) is 13.3 Å². The molecule has 0 bridgehead atoms. The van der Waals surface area contributed by atoms with E-state index in [1.165, 1.54) is 0 Å². The molecule has 62 valence electrons. The Labute approximate surface area is 66.9 Å². The monoisotopic (exact) mass is 154 g/mol. The van der Waals surface area contributed by atoms with Gasteiger partial charge in [0.2, 0.25) is 0 Å². The van der Waals surface area contributed by atoms with Crippen molar-refractivity contribution in [1.29, 1.82) is 0 Å². The number of aliphatic imine (C=N–C) groups is 1. The van der Waals surface area contributed by atoms with Crippen LogP contribution in [0.5, 0.6) is 0 Å². The largest absolute Gasteiger partial charge is 0.319 e. The van der Waals surface area contributed by atoms with Crippen LogP contribution in [0.2, 0.25) is 0 Å². The minimum absolute atomic E-state index is 0.170. The lowest BCUT2D eigenvalue weighted by Gasteiger charge is -2.27. The SMILES string of the molecule is CNCC1(C=O)CC=NCC1. The zero-order valence-electron chi connectivity index (χ0n) is 6.84. The molecule has 1 rings (SSSR count). The molecule has 0 saturated heterocycles.